The summed E-state index contributed by atoms with van der Waals surface area (Å²) in [6.45, 7) is 6.37. The molecule has 2 aromatic rings. The fraction of sp³-hybridized carbons (Fsp3) is 0.350. The van der Waals surface area contributed by atoms with Crippen molar-refractivity contribution in [2.75, 3.05) is 5.32 Å². The lowest BCUT2D eigenvalue weighted by molar-refractivity contribution is 0.0697. The van der Waals surface area contributed by atoms with E-state index in [1.54, 1.807) is 0 Å². The van der Waals surface area contributed by atoms with Gasteiger partial charge in [0.15, 0.2) is 5.11 Å². The highest BCUT2D eigenvalue weighted by atomic mass is 32.1. The van der Waals surface area contributed by atoms with E-state index in [2.05, 4.69) is 61.7 Å². The molecule has 0 radical (unpaired) electrons. The number of benzene rings is 2. The third kappa shape index (κ3) is 3.88. The summed E-state index contributed by atoms with van der Waals surface area (Å²) in [5.74, 6) is 0.932. The van der Waals surface area contributed by atoms with Crippen LogP contribution in [0.15, 0.2) is 48.5 Å². The van der Waals surface area contributed by atoms with Crippen LogP contribution in [0.1, 0.15) is 44.4 Å². The van der Waals surface area contributed by atoms with Crippen LogP contribution in [-0.2, 0) is 6.42 Å². The molecule has 0 spiro atoms. The van der Waals surface area contributed by atoms with E-state index in [9.17, 15) is 0 Å². The van der Waals surface area contributed by atoms with Crippen LogP contribution in [-0.4, -0.2) is 10.7 Å². The lowest BCUT2D eigenvalue weighted by atomic mass is 9.90. The summed E-state index contributed by atoms with van der Waals surface area (Å²) in [5, 5.41) is 7.36. The topological polar surface area (TPSA) is 33.3 Å². The number of aryl methyl sites for hydroxylation is 1. The maximum absolute atomic E-state index is 6.07. The van der Waals surface area contributed by atoms with Gasteiger partial charge in [0.2, 0.25) is 0 Å². The van der Waals surface area contributed by atoms with E-state index in [0.717, 1.165) is 29.8 Å². The van der Waals surface area contributed by atoms with Gasteiger partial charge in [-0.2, -0.15) is 0 Å². The zero-order valence-corrected chi connectivity index (χ0v) is 15.2. The third-order valence-corrected chi connectivity index (χ3v) is 4.52. The summed E-state index contributed by atoms with van der Waals surface area (Å²) in [5.41, 5.74) is 3.26. The van der Waals surface area contributed by atoms with Crippen LogP contribution < -0.4 is 15.4 Å². The molecule has 0 fully saturated rings. The molecule has 4 heteroatoms. The van der Waals surface area contributed by atoms with Crippen molar-refractivity contribution in [1.82, 2.24) is 5.32 Å². The zero-order chi connectivity index (χ0) is 17.2. The van der Waals surface area contributed by atoms with Crippen molar-refractivity contribution in [3.05, 3.63) is 59.7 Å². The molecular weight excluding hydrogens is 316 g/mol. The standard InChI is InChI=1S/C20H24N2OS/c1-4-14-9-11-15(12-10-14)21-19(24)22-17-13-20(2,3)23-18-8-6-5-7-16(17)18/h5-12,17H,4,13H2,1-3H3,(H2,21,22,24)/t17-/m1/s1. The predicted octanol–water partition coefficient (Wildman–Crippen LogP) is 4.84. The van der Waals surface area contributed by atoms with Crippen molar-refractivity contribution >= 4 is 23.0 Å². The normalized spacial score (nSPS) is 18.2. The fourth-order valence-corrected chi connectivity index (χ4v) is 3.34. The minimum atomic E-state index is -0.218. The molecule has 126 valence electrons. The first-order valence-corrected chi connectivity index (χ1v) is 8.82. The molecule has 0 saturated heterocycles. The molecule has 0 aromatic heterocycles. The van der Waals surface area contributed by atoms with E-state index < -0.39 is 0 Å². The fourth-order valence-electron chi connectivity index (χ4n) is 3.08. The molecule has 1 aliphatic heterocycles. The van der Waals surface area contributed by atoms with Crippen molar-refractivity contribution < 1.29 is 4.74 Å². The monoisotopic (exact) mass is 340 g/mol. The first-order valence-electron chi connectivity index (χ1n) is 8.41. The Labute approximate surface area is 149 Å². The minimum Gasteiger partial charge on any atom is -0.487 e. The van der Waals surface area contributed by atoms with Gasteiger partial charge in [0.25, 0.3) is 0 Å². The van der Waals surface area contributed by atoms with E-state index in [-0.39, 0.29) is 11.6 Å². The number of hydrogen-bond donors (Lipinski definition) is 2. The second kappa shape index (κ2) is 6.81. The quantitative estimate of drug-likeness (QED) is 0.784. The second-order valence-electron chi connectivity index (χ2n) is 6.81. The molecule has 1 atom stereocenters. The molecule has 0 bridgehead atoms. The van der Waals surface area contributed by atoms with Gasteiger partial charge in [-0.05, 0) is 56.2 Å². The Morgan fingerprint density at radius 3 is 2.58 bits per heavy atom. The van der Waals surface area contributed by atoms with Crippen LogP contribution in [0.25, 0.3) is 0 Å². The highest BCUT2D eigenvalue weighted by Crippen LogP contribution is 2.39. The summed E-state index contributed by atoms with van der Waals surface area (Å²) < 4.78 is 6.07. The van der Waals surface area contributed by atoms with Crippen LogP contribution >= 0.6 is 12.2 Å². The average molecular weight is 340 g/mol. The highest BCUT2D eigenvalue weighted by molar-refractivity contribution is 7.80. The van der Waals surface area contributed by atoms with Crippen molar-refractivity contribution in [2.45, 2.75) is 45.3 Å². The van der Waals surface area contributed by atoms with Gasteiger partial charge < -0.3 is 15.4 Å². The summed E-state index contributed by atoms with van der Waals surface area (Å²) in [7, 11) is 0. The maximum atomic E-state index is 6.07. The van der Waals surface area contributed by atoms with E-state index in [0.29, 0.717) is 5.11 Å². The third-order valence-electron chi connectivity index (χ3n) is 4.30. The van der Waals surface area contributed by atoms with Gasteiger partial charge in [-0.15, -0.1) is 0 Å². The summed E-state index contributed by atoms with van der Waals surface area (Å²) in [6, 6.07) is 16.7. The molecule has 3 rings (SSSR count). The van der Waals surface area contributed by atoms with Crippen LogP contribution in [0.4, 0.5) is 5.69 Å². The van der Waals surface area contributed by atoms with Gasteiger partial charge in [0, 0.05) is 17.7 Å². The Bertz CT molecular complexity index is 725. The molecule has 2 aromatic carbocycles. The summed E-state index contributed by atoms with van der Waals surface area (Å²) in [6.07, 6.45) is 1.90. The van der Waals surface area contributed by atoms with Gasteiger partial charge in [-0.3, -0.25) is 0 Å². The number of fused-ring (bicyclic) bond motifs is 1. The van der Waals surface area contributed by atoms with Crippen LogP contribution in [0.2, 0.25) is 0 Å². The summed E-state index contributed by atoms with van der Waals surface area (Å²) in [4.78, 5) is 0. The molecular formula is C20H24N2OS. The number of rotatable bonds is 3. The SMILES string of the molecule is CCc1ccc(NC(=S)N[C@@H]2CC(C)(C)Oc3ccccc32)cc1. The number of para-hydroxylation sites is 1. The Morgan fingerprint density at radius 1 is 1.17 bits per heavy atom. The van der Waals surface area contributed by atoms with E-state index in [1.807, 2.05) is 18.2 Å². The van der Waals surface area contributed by atoms with Gasteiger partial charge in [-0.25, -0.2) is 0 Å². The zero-order valence-electron chi connectivity index (χ0n) is 14.4. The van der Waals surface area contributed by atoms with Crippen molar-refractivity contribution in [1.29, 1.82) is 0 Å². The van der Waals surface area contributed by atoms with Crippen LogP contribution in [0.5, 0.6) is 5.75 Å². The first kappa shape index (κ1) is 16.8. The van der Waals surface area contributed by atoms with E-state index in [4.69, 9.17) is 17.0 Å². The average Bonchev–Trinajstić information content (AvgIpc) is 2.54. The predicted molar refractivity (Wildman–Crippen MR) is 104 cm³/mol. The number of thiocarbonyl (C=S) groups is 1. The Hall–Kier alpha value is -2.07. The van der Waals surface area contributed by atoms with Crippen molar-refractivity contribution in [3.63, 3.8) is 0 Å². The van der Waals surface area contributed by atoms with Crippen molar-refractivity contribution in [2.24, 2.45) is 0 Å². The molecule has 1 aliphatic rings. The first-order chi connectivity index (χ1) is 11.5. The van der Waals surface area contributed by atoms with Gasteiger partial charge in [0.1, 0.15) is 11.4 Å². The van der Waals surface area contributed by atoms with E-state index >= 15 is 0 Å². The molecule has 1 heterocycles. The molecule has 24 heavy (non-hydrogen) atoms. The number of ether oxygens (including phenoxy) is 1. The van der Waals surface area contributed by atoms with Crippen LogP contribution in [0, 0.1) is 0 Å². The Morgan fingerprint density at radius 2 is 1.88 bits per heavy atom. The maximum Gasteiger partial charge on any atom is 0.171 e. The molecule has 0 amide bonds. The van der Waals surface area contributed by atoms with Crippen LogP contribution in [0.3, 0.4) is 0 Å². The molecule has 2 N–H and O–H groups in total. The molecule has 3 nitrogen and oxygen atoms in total. The number of anilines is 1. The highest BCUT2D eigenvalue weighted by Gasteiger charge is 2.33. The number of nitrogens with one attached hydrogen (secondary N) is 2. The lowest BCUT2D eigenvalue weighted by Crippen LogP contribution is -2.42. The molecule has 0 unspecified atom stereocenters. The molecule has 0 saturated carbocycles. The Kier molecular flexibility index (Phi) is 4.76. The van der Waals surface area contributed by atoms with E-state index in [1.165, 1.54) is 5.56 Å². The van der Waals surface area contributed by atoms with Gasteiger partial charge in [-0.1, -0.05) is 37.3 Å². The molecule has 0 aliphatic carbocycles. The Balaban J connectivity index is 1.71. The minimum absolute atomic E-state index is 0.139. The lowest BCUT2D eigenvalue weighted by Gasteiger charge is -2.38. The largest absolute Gasteiger partial charge is 0.487 e. The summed E-state index contributed by atoms with van der Waals surface area (Å²) >= 11 is 5.52. The van der Waals surface area contributed by atoms with Crippen molar-refractivity contribution in [3.8, 4) is 5.75 Å². The second-order valence-corrected chi connectivity index (χ2v) is 7.21. The van der Waals surface area contributed by atoms with Gasteiger partial charge in [0.05, 0.1) is 6.04 Å². The van der Waals surface area contributed by atoms with Gasteiger partial charge >= 0.3 is 0 Å². The smallest absolute Gasteiger partial charge is 0.171 e. The number of hydrogen-bond acceptors (Lipinski definition) is 2.